The summed E-state index contributed by atoms with van der Waals surface area (Å²) in [7, 11) is 0. The number of ether oxygens (including phenoxy) is 1. The maximum absolute atomic E-state index is 11.6. The van der Waals surface area contributed by atoms with Crippen molar-refractivity contribution in [1.82, 2.24) is 10.6 Å². The molecular weight excluding hydrogens is 212 g/mol. The van der Waals surface area contributed by atoms with E-state index >= 15 is 0 Å². The Hall–Kier alpha value is -1.43. The van der Waals surface area contributed by atoms with Crippen LogP contribution in [0.25, 0.3) is 0 Å². The van der Waals surface area contributed by atoms with E-state index in [1.54, 1.807) is 0 Å². The van der Waals surface area contributed by atoms with Crippen LogP contribution in [0.5, 0.6) is 0 Å². The Morgan fingerprint density at radius 1 is 1.38 bits per heavy atom. The molecule has 0 aromatic rings. The minimum absolute atomic E-state index is 0.257. The molecule has 2 saturated heterocycles. The highest BCUT2D eigenvalue weighted by Gasteiger charge is 2.31. The van der Waals surface area contributed by atoms with E-state index in [2.05, 4.69) is 10.6 Å². The normalized spacial score (nSPS) is 30.0. The average molecular weight is 226 g/mol. The lowest BCUT2D eigenvalue weighted by atomic mass is 10.1. The van der Waals surface area contributed by atoms with Gasteiger partial charge in [-0.1, -0.05) is 0 Å². The maximum Gasteiger partial charge on any atom is 0.249 e. The highest BCUT2D eigenvalue weighted by molar-refractivity contribution is 6.01. The third-order valence-electron chi connectivity index (χ3n) is 2.78. The van der Waals surface area contributed by atoms with E-state index in [0.29, 0.717) is 19.4 Å². The summed E-state index contributed by atoms with van der Waals surface area (Å²) in [5, 5.41) is 4.79. The first-order chi connectivity index (χ1) is 7.66. The molecule has 0 aliphatic carbocycles. The standard InChI is InChI=1S/C10H14N2O4/c13-8-4-3-6(9(14)12-8)11-10(15)7-2-1-5-16-7/h6-7H,1-5H2,(H,11,15)(H,12,13,14)/t6?,7-/m0/s1. The Balaban J connectivity index is 1.86. The van der Waals surface area contributed by atoms with Gasteiger partial charge in [0.25, 0.3) is 0 Å². The van der Waals surface area contributed by atoms with Crippen molar-refractivity contribution < 1.29 is 19.1 Å². The van der Waals surface area contributed by atoms with E-state index in [4.69, 9.17) is 4.74 Å². The Kier molecular flexibility index (Phi) is 3.19. The topological polar surface area (TPSA) is 84.5 Å². The second-order valence-electron chi connectivity index (χ2n) is 4.01. The largest absolute Gasteiger partial charge is 0.368 e. The molecule has 2 aliphatic heterocycles. The zero-order valence-electron chi connectivity index (χ0n) is 8.82. The Morgan fingerprint density at radius 2 is 2.19 bits per heavy atom. The average Bonchev–Trinajstić information content (AvgIpc) is 2.75. The summed E-state index contributed by atoms with van der Waals surface area (Å²) in [5.41, 5.74) is 0. The summed E-state index contributed by atoms with van der Waals surface area (Å²) in [6.45, 7) is 0.591. The number of carbonyl (C=O) groups is 3. The van der Waals surface area contributed by atoms with E-state index in [1.807, 2.05) is 0 Å². The van der Waals surface area contributed by atoms with Gasteiger partial charge in [-0.3, -0.25) is 19.7 Å². The fourth-order valence-electron chi connectivity index (χ4n) is 1.88. The first-order valence-electron chi connectivity index (χ1n) is 5.42. The molecule has 2 heterocycles. The van der Waals surface area contributed by atoms with Crippen LogP contribution in [-0.2, 0) is 19.1 Å². The second kappa shape index (κ2) is 4.61. The van der Waals surface area contributed by atoms with E-state index in [1.165, 1.54) is 0 Å². The molecular formula is C10H14N2O4. The number of carbonyl (C=O) groups excluding carboxylic acids is 3. The number of hydrogen-bond acceptors (Lipinski definition) is 4. The van der Waals surface area contributed by atoms with Crippen LogP contribution in [0.1, 0.15) is 25.7 Å². The smallest absolute Gasteiger partial charge is 0.249 e. The number of amides is 3. The third kappa shape index (κ3) is 2.38. The van der Waals surface area contributed by atoms with Crippen molar-refractivity contribution in [2.24, 2.45) is 0 Å². The number of rotatable bonds is 2. The summed E-state index contributed by atoms with van der Waals surface area (Å²) >= 11 is 0. The van der Waals surface area contributed by atoms with Gasteiger partial charge in [0, 0.05) is 13.0 Å². The SMILES string of the molecule is O=C1CCC(NC(=O)[C@@H]2CCCO2)C(=O)N1. The summed E-state index contributed by atoms with van der Waals surface area (Å²) in [5.74, 6) is -0.970. The van der Waals surface area contributed by atoms with Crippen molar-refractivity contribution >= 4 is 17.7 Å². The van der Waals surface area contributed by atoms with Crippen molar-refractivity contribution in [2.45, 2.75) is 37.8 Å². The molecule has 6 heteroatoms. The zero-order chi connectivity index (χ0) is 11.5. The number of piperidine rings is 1. The summed E-state index contributed by atoms with van der Waals surface area (Å²) in [6, 6.07) is -0.602. The first kappa shape index (κ1) is 11.1. The summed E-state index contributed by atoms with van der Waals surface area (Å²) in [4.78, 5) is 33.9. The van der Waals surface area contributed by atoms with E-state index in [0.717, 1.165) is 6.42 Å². The fourth-order valence-corrected chi connectivity index (χ4v) is 1.88. The number of nitrogens with one attached hydrogen (secondary N) is 2. The fraction of sp³-hybridized carbons (Fsp3) is 0.700. The molecule has 2 atom stereocenters. The molecule has 0 aromatic carbocycles. The highest BCUT2D eigenvalue weighted by Crippen LogP contribution is 2.13. The lowest BCUT2D eigenvalue weighted by Gasteiger charge is -2.23. The van der Waals surface area contributed by atoms with E-state index < -0.39 is 18.1 Å². The summed E-state index contributed by atoms with van der Waals surface area (Å²) < 4.78 is 5.20. The molecule has 2 rings (SSSR count). The van der Waals surface area contributed by atoms with Gasteiger partial charge in [0.15, 0.2) is 0 Å². The molecule has 0 radical (unpaired) electrons. The maximum atomic E-state index is 11.6. The van der Waals surface area contributed by atoms with Gasteiger partial charge in [-0.25, -0.2) is 0 Å². The lowest BCUT2D eigenvalue weighted by Crippen LogP contribution is -2.54. The predicted molar refractivity (Wildman–Crippen MR) is 53.3 cm³/mol. The molecule has 88 valence electrons. The van der Waals surface area contributed by atoms with Crippen molar-refractivity contribution in [2.75, 3.05) is 6.61 Å². The summed E-state index contributed by atoms with van der Waals surface area (Å²) in [6.07, 6.45) is 1.75. The van der Waals surface area contributed by atoms with Crippen LogP contribution in [-0.4, -0.2) is 36.5 Å². The molecule has 0 bridgehead atoms. The van der Waals surface area contributed by atoms with Crippen molar-refractivity contribution in [3.05, 3.63) is 0 Å². The monoisotopic (exact) mass is 226 g/mol. The second-order valence-corrected chi connectivity index (χ2v) is 4.01. The molecule has 6 nitrogen and oxygen atoms in total. The Bertz CT molecular complexity index is 323. The molecule has 0 aromatic heterocycles. The molecule has 0 saturated carbocycles. The quantitative estimate of drug-likeness (QED) is 0.597. The van der Waals surface area contributed by atoms with Gasteiger partial charge in [0.2, 0.25) is 17.7 Å². The number of imide groups is 1. The van der Waals surface area contributed by atoms with Crippen LogP contribution in [0.15, 0.2) is 0 Å². The van der Waals surface area contributed by atoms with Gasteiger partial charge in [-0.15, -0.1) is 0 Å². The van der Waals surface area contributed by atoms with Crippen molar-refractivity contribution in [1.29, 1.82) is 0 Å². The highest BCUT2D eigenvalue weighted by atomic mass is 16.5. The minimum atomic E-state index is -0.602. The van der Waals surface area contributed by atoms with Crippen LogP contribution in [0.4, 0.5) is 0 Å². The predicted octanol–water partition coefficient (Wildman–Crippen LogP) is -0.913. The molecule has 3 amide bonds. The van der Waals surface area contributed by atoms with Crippen molar-refractivity contribution in [3.8, 4) is 0 Å². The molecule has 0 spiro atoms. The lowest BCUT2D eigenvalue weighted by molar-refractivity contribution is -0.139. The molecule has 16 heavy (non-hydrogen) atoms. The third-order valence-corrected chi connectivity index (χ3v) is 2.78. The van der Waals surface area contributed by atoms with Gasteiger partial charge >= 0.3 is 0 Å². The van der Waals surface area contributed by atoms with E-state index in [-0.39, 0.29) is 18.2 Å². The molecule has 1 unspecified atom stereocenters. The minimum Gasteiger partial charge on any atom is -0.368 e. The van der Waals surface area contributed by atoms with Crippen LogP contribution in [0.2, 0.25) is 0 Å². The number of hydrogen-bond donors (Lipinski definition) is 2. The molecule has 2 aliphatic rings. The van der Waals surface area contributed by atoms with Crippen LogP contribution < -0.4 is 10.6 Å². The first-order valence-corrected chi connectivity index (χ1v) is 5.42. The van der Waals surface area contributed by atoms with Crippen LogP contribution in [0.3, 0.4) is 0 Å². The van der Waals surface area contributed by atoms with Gasteiger partial charge < -0.3 is 10.1 Å². The Labute approximate surface area is 92.7 Å². The van der Waals surface area contributed by atoms with Gasteiger partial charge in [-0.2, -0.15) is 0 Å². The van der Waals surface area contributed by atoms with E-state index in [9.17, 15) is 14.4 Å². The van der Waals surface area contributed by atoms with Gasteiger partial charge in [0.05, 0.1) is 0 Å². The van der Waals surface area contributed by atoms with Gasteiger partial charge in [-0.05, 0) is 19.3 Å². The van der Waals surface area contributed by atoms with Crippen LogP contribution >= 0.6 is 0 Å². The van der Waals surface area contributed by atoms with Gasteiger partial charge in [0.1, 0.15) is 12.1 Å². The van der Waals surface area contributed by atoms with Crippen LogP contribution in [0, 0.1) is 0 Å². The molecule has 2 fully saturated rings. The molecule has 2 N–H and O–H groups in total. The Morgan fingerprint density at radius 3 is 2.81 bits per heavy atom. The van der Waals surface area contributed by atoms with Crippen molar-refractivity contribution in [3.63, 3.8) is 0 Å². The zero-order valence-corrected chi connectivity index (χ0v) is 8.82.